The zero-order valence-electron chi connectivity index (χ0n) is 9.78. The van der Waals surface area contributed by atoms with Crippen molar-refractivity contribution in [3.8, 4) is 0 Å². The third-order valence-electron chi connectivity index (χ3n) is 2.51. The largest absolute Gasteiger partial charge is 0.399 e. The van der Waals surface area contributed by atoms with Crippen LogP contribution in [0.4, 0.5) is 21.5 Å². The second-order valence-corrected chi connectivity index (χ2v) is 4.83. The number of carbonyl (C=O) groups excluding carboxylic acids is 1. The van der Waals surface area contributed by atoms with Crippen LogP contribution in [-0.2, 0) is 0 Å². The highest BCUT2D eigenvalue weighted by atomic mass is 79.9. The molecule has 0 atom stereocenters. The number of anilines is 3. The Morgan fingerprint density at radius 2 is 1.89 bits per heavy atom. The van der Waals surface area contributed by atoms with Crippen molar-refractivity contribution in [3.05, 3.63) is 52.3 Å². The fourth-order valence-electron chi connectivity index (χ4n) is 1.61. The van der Waals surface area contributed by atoms with Gasteiger partial charge >= 0.3 is 0 Å². The Balaban J connectivity index is 2.43. The molecule has 0 aliphatic rings. The first-order valence-electron chi connectivity index (χ1n) is 5.39. The summed E-state index contributed by atoms with van der Waals surface area (Å²) in [5.74, 6) is -1.07. The van der Waals surface area contributed by atoms with Gasteiger partial charge in [-0.05, 0) is 36.4 Å². The van der Waals surface area contributed by atoms with E-state index in [-0.39, 0.29) is 11.3 Å². The number of nitrogens with one attached hydrogen (secondary N) is 1. The Labute approximate surface area is 117 Å². The summed E-state index contributed by atoms with van der Waals surface area (Å²) >= 11 is 3.25. The summed E-state index contributed by atoms with van der Waals surface area (Å²) in [6.45, 7) is 0. The molecule has 1 amide bonds. The van der Waals surface area contributed by atoms with Gasteiger partial charge in [0, 0.05) is 10.2 Å². The van der Waals surface area contributed by atoms with E-state index in [1.54, 1.807) is 24.3 Å². The molecule has 19 heavy (non-hydrogen) atoms. The Bertz CT molecular complexity index is 646. The highest BCUT2D eigenvalue weighted by Crippen LogP contribution is 2.27. The average molecular weight is 324 g/mol. The Morgan fingerprint density at radius 1 is 1.16 bits per heavy atom. The molecule has 2 rings (SSSR count). The lowest BCUT2D eigenvalue weighted by Crippen LogP contribution is -2.14. The molecule has 0 fully saturated rings. The van der Waals surface area contributed by atoms with Crippen LogP contribution in [0.2, 0.25) is 0 Å². The molecular weight excluding hydrogens is 313 g/mol. The fraction of sp³-hybridized carbons (Fsp3) is 0. The number of halogens is 2. The van der Waals surface area contributed by atoms with Gasteiger partial charge in [0.05, 0.1) is 16.9 Å². The average Bonchev–Trinajstić information content (AvgIpc) is 2.35. The number of amides is 1. The zero-order valence-corrected chi connectivity index (χ0v) is 11.4. The smallest absolute Gasteiger partial charge is 0.250 e. The summed E-state index contributed by atoms with van der Waals surface area (Å²) in [7, 11) is 0. The van der Waals surface area contributed by atoms with Crippen LogP contribution in [0.3, 0.4) is 0 Å². The van der Waals surface area contributed by atoms with Crippen molar-refractivity contribution in [2.75, 3.05) is 11.1 Å². The minimum Gasteiger partial charge on any atom is -0.399 e. The number of nitrogen functional groups attached to an aromatic ring is 1. The summed E-state index contributed by atoms with van der Waals surface area (Å²) < 4.78 is 14.4. The molecule has 0 saturated carbocycles. The number of hydrogen-bond donors (Lipinski definition) is 3. The number of carbonyl (C=O) groups is 1. The highest BCUT2D eigenvalue weighted by molar-refractivity contribution is 9.10. The Hall–Kier alpha value is -2.08. The highest BCUT2D eigenvalue weighted by Gasteiger charge is 2.11. The van der Waals surface area contributed by atoms with Crippen molar-refractivity contribution in [2.45, 2.75) is 0 Å². The van der Waals surface area contributed by atoms with E-state index >= 15 is 0 Å². The van der Waals surface area contributed by atoms with Crippen molar-refractivity contribution in [1.29, 1.82) is 0 Å². The van der Waals surface area contributed by atoms with E-state index in [2.05, 4.69) is 21.2 Å². The molecule has 0 aliphatic heterocycles. The summed E-state index contributed by atoms with van der Waals surface area (Å²) in [5.41, 5.74) is 12.1. The van der Waals surface area contributed by atoms with Crippen LogP contribution >= 0.6 is 15.9 Å². The van der Waals surface area contributed by atoms with E-state index < -0.39 is 11.7 Å². The summed E-state index contributed by atoms with van der Waals surface area (Å²) in [6, 6.07) is 9.09. The molecule has 0 unspecified atom stereocenters. The number of primary amides is 1. The van der Waals surface area contributed by atoms with E-state index in [9.17, 15) is 9.18 Å². The van der Waals surface area contributed by atoms with Crippen molar-refractivity contribution in [1.82, 2.24) is 0 Å². The molecule has 5 N–H and O–H groups in total. The van der Waals surface area contributed by atoms with Gasteiger partial charge in [-0.1, -0.05) is 15.9 Å². The van der Waals surface area contributed by atoms with Gasteiger partial charge < -0.3 is 16.8 Å². The van der Waals surface area contributed by atoms with Crippen molar-refractivity contribution in [2.24, 2.45) is 5.73 Å². The lowest BCUT2D eigenvalue weighted by molar-refractivity contribution is 0.100. The Kier molecular flexibility index (Phi) is 3.71. The quantitative estimate of drug-likeness (QED) is 0.759. The standard InChI is InChI=1S/C13H11BrFN3O/c14-7-1-3-10(15)12(5-7)18-11-4-2-8(16)6-9(11)13(17)19/h1-6,18H,16H2,(H2,17,19). The molecule has 0 radical (unpaired) electrons. The van der Waals surface area contributed by atoms with Crippen molar-refractivity contribution >= 4 is 38.9 Å². The molecule has 98 valence electrons. The first-order valence-corrected chi connectivity index (χ1v) is 6.18. The topological polar surface area (TPSA) is 81.1 Å². The molecule has 0 aliphatic carbocycles. The van der Waals surface area contributed by atoms with Crippen molar-refractivity contribution < 1.29 is 9.18 Å². The molecule has 0 saturated heterocycles. The predicted molar refractivity (Wildman–Crippen MR) is 76.8 cm³/mol. The van der Waals surface area contributed by atoms with Gasteiger partial charge in [0.25, 0.3) is 5.91 Å². The molecule has 4 nitrogen and oxygen atoms in total. The molecule has 0 spiro atoms. The summed E-state index contributed by atoms with van der Waals surface area (Å²) in [6.07, 6.45) is 0. The van der Waals surface area contributed by atoms with Gasteiger partial charge in [0.1, 0.15) is 5.82 Å². The zero-order chi connectivity index (χ0) is 14.0. The maximum absolute atomic E-state index is 13.6. The first kappa shape index (κ1) is 13.4. The predicted octanol–water partition coefficient (Wildman–Crippen LogP) is 3.01. The number of nitrogens with two attached hydrogens (primary N) is 2. The van der Waals surface area contributed by atoms with E-state index in [1.165, 1.54) is 12.1 Å². The summed E-state index contributed by atoms with van der Waals surface area (Å²) in [4.78, 5) is 11.3. The van der Waals surface area contributed by atoms with Crippen LogP contribution in [0.1, 0.15) is 10.4 Å². The molecule has 2 aromatic carbocycles. The molecule has 0 heterocycles. The third kappa shape index (κ3) is 3.03. The SMILES string of the molecule is NC(=O)c1cc(N)ccc1Nc1cc(Br)ccc1F. The van der Waals surface area contributed by atoms with Crippen LogP contribution < -0.4 is 16.8 Å². The maximum atomic E-state index is 13.6. The molecule has 6 heteroatoms. The van der Waals surface area contributed by atoms with Crippen molar-refractivity contribution in [3.63, 3.8) is 0 Å². The molecule has 2 aromatic rings. The molecular formula is C13H11BrFN3O. The van der Waals surface area contributed by atoms with Crippen LogP contribution in [0.25, 0.3) is 0 Å². The van der Waals surface area contributed by atoms with E-state index in [0.717, 1.165) is 0 Å². The van der Waals surface area contributed by atoms with Gasteiger partial charge in [-0.25, -0.2) is 4.39 Å². The van der Waals surface area contributed by atoms with Gasteiger partial charge in [0.15, 0.2) is 0 Å². The van der Waals surface area contributed by atoms with Crippen LogP contribution in [0, 0.1) is 5.82 Å². The third-order valence-corrected chi connectivity index (χ3v) is 3.00. The van der Waals surface area contributed by atoms with Gasteiger partial charge in [0.2, 0.25) is 0 Å². The van der Waals surface area contributed by atoms with E-state index in [4.69, 9.17) is 11.5 Å². The molecule has 0 bridgehead atoms. The second kappa shape index (κ2) is 5.27. The monoisotopic (exact) mass is 323 g/mol. The van der Waals surface area contributed by atoms with Gasteiger partial charge in [-0.2, -0.15) is 0 Å². The van der Waals surface area contributed by atoms with Gasteiger partial charge in [-0.3, -0.25) is 4.79 Å². The lowest BCUT2D eigenvalue weighted by atomic mass is 10.1. The second-order valence-electron chi connectivity index (χ2n) is 3.92. The fourth-order valence-corrected chi connectivity index (χ4v) is 1.97. The first-order chi connectivity index (χ1) is 8.97. The number of rotatable bonds is 3. The lowest BCUT2D eigenvalue weighted by Gasteiger charge is -2.12. The minimum absolute atomic E-state index is 0.208. The van der Waals surface area contributed by atoms with E-state index in [0.29, 0.717) is 15.8 Å². The number of hydrogen-bond acceptors (Lipinski definition) is 3. The van der Waals surface area contributed by atoms with Gasteiger partial charge in [-0.15, -0.1) is 0 Å². The van der Waals surface area contributed by atoms with Crippen LogP contribution in [0.15, 0.2) is 40.9 Å². The minimum atomic E-state index is -0.634. The van der Waals surface area contributed by atoms with Crippen LogP contribution in [-0.4, -0.2) is 5.91 Å². The Morgan fingerprint density at radius 3 is 2.58 bits per heavy atom. The molecule has 0 aromatic heterocycles. The number of benzene rings is 2. The summed E-state index contributed by atoms with van der Waals surface area (Å²) in [5, 5.41) is 2.83. The normalized spacial score (nSPS) is 10.2. The van der Waals surface area contributed by atoms with Crippen LogP contribution in [0.5, 0.6) is 0 Å². The van der Waals surface area contributed by atoms with E-state index in [1.807, 2.05) is 0 Å². The maximum Gasteiger partial charge on any atom is 0.250 e.